The number of carbonyl (C=O) groups excluding carboxylic acids is 1. The predicted octanol–water partition coefficient (Wildman–Crippen LogP) is 4.37. The fraction of sp³-hybridized carbons (Fsp3) is 0.167. The lowest BCUT2D eigenvalue weighted by molar-refractivity contribution is -0.384. The van der Waals surface area contributed by atoms with Crippen molar-refractivity contribution in [2.75, 3.05) is 20.3 Å². The van der Waals surface area contributed by atoms with Crippen LogP contribution in [0.15, 0.2) is 71.9 Å². The SMILES string of the molecule is COc1ccc2c(c1)c(OCCOc1ccc(C(=O)N=O)cc1)nn2Cc1cccc([N+](=O)[O-])c1. The fourth-order valence-electron chi connectivity index (χ4n) is 3.47. The number of aromatic nitrogens is 2. The van der Waals surface area contributed by atoms with Gasteiger partial charge < -0.3 is 14.2 Å². The third-order valence-electron chi connectivity index (χ3n) is 5.15. The topological polar surface area (TPSA) is 135 Å². The second kappa shape index (κ2) is 10.4. The van der Waals surface area contributed by atoms with Gasteiger partial charge in [0.1, 0.15) is 24.7 Å². The van der Waals surface area contributed by atoms with Gasteiger partial charge in [0.15, 0.2) is 0 Å². The van der Waals surface area contributed by atoms with Gasteiger partial charge in [-0.1, -0.05) is 12.1 Å². The Hall–Kier alpha value is -4.80. The monoisotopic (exact) mass is 476 g/mol. The van der Waals surface area contributed by atoms with Gasteiger partial charge in [0, 0.05) is 22.9 Å². The van der Waals surface area contributed by atoms with Crippen molar-refractivity contribution in [2.45, 2.75) is 6.54 Å². The number of nitro groups is 1. The Kier molecular flexibility index (Phi) is 6.96. The second-order valence-corrected chi connectivity index (χ2v) is 7.39. The van der Waals surface area contributed by atoms with Crippen LogP contribution in [0, 0.1) is 15.0 Å². The molecule has 1 aromatic heterocycles. The van der Waals surface area contributed by atoms with Crippen molar-refractivity contribution >= 4 is 22.5 Å². The predicted molar refractivity (Wildman–Crippen MR) is 126 cm³/mol. The molecule has 0 radical (unpaired) electrons. The van der Waals surface area contributed by atoms with Gasteiger partial charge >= 0.3 is 5.91 Å². The number of methoxy groups -OCH3 is 1. The molecule has 1 heterocycles. The lowest BCUT2D eigenvalue weighted by atomic mass is 10.2. The Labute approximate surface area is 199 Å². The minimum absolute atomic E-state index is 0.00840. The highest BCUT2D eigenvalue weighted by atomic mass is 16.6. The Morgan fingerprint density at radius 3 is 2.49 bits per heavy atom. The number of nitro benzene ring substituents is 1. The Balaban J connectivity index is 1.48. The molecule has 0 saturated carbocycles. The van der Waals surface area contributed by atoms with E-state index in [4.69, 9.17) is 14.2 Å². The number of non-ortho nitro benzene ring substituents is 1. The van der Waals surface area contributed by atoms with E-state index >= 15 is 0 Å². The first-order chi connectivity index (χ1) is 17.0. The summed E-state index contributed by atoms with van der Waals surface area (Å²) in [5.41, 5.74) is 1.69. The molecule has 11 heteroatoms. The largest absolute Gasteiger partial charge is 0.497 e. The molecular formula is C24H20N4O7. The molecule has 11 nitrogen and oxygen atoms in total. The molecule has 0 unspecified atom stereocenters. The molecule has 4 rings (SSSR count). The summed E-state index contributed by atoms with van der Waals surface area (Å²) in [5, 5.41) is 18.8. The number of rotatable bonds is 10. The lowest BCUT2D eigenvalue weighted by Gasteiger charge is -2.07. The van der Waals surface area contributed by atoms with E-state index in [9.17, 15) is 19.8 Å². The molecule has 0 fully saturated rings. The summed E-state index contributed by atoms with van der Waals surface area (Å²) in [6, 6.07) is 17.9. The average Bonchev–Trinajstić information content (AvgIpc) is 3.22. The van der Waals surface area contributed by atoms with Gasteiger partial charge in [0.05, 0.1) is 29.5 Å². The number of carbonyl (C=O) groups is 1. The van der Waals surface area contributed by atoms with E-state index in [1.54, 1.807) is 48.2 Å². The summed E-state index contributed by atoms with van der Waals surface area (Å²) in [5.74, 6) is 0.653. The maximum absolute atomic E-state index is 11.3. The Morgan fingerprint density at radius 2 is 1.77 bits per heavy atom. The Bertz CT molecular complexity index is 1380. The van der Waals surface area contributed by atoms with E-state index < -0.39 is 10.8 Å². The number of nitroso groups, excluding NO2 is 1. The van der Waals surface area contributed by atoms with Crippen molar-refractivity contribution in [2.24, 2.45) is 5.18 Å². The normalized spacial score (nSPS) is 10.7. The third-order valence-corrected chi connectivity index (χ3v) is 5.15. The molecule has 0 aliphatic heterocycles. The van der Waals surface area contributed by atoms with Crippen molar-refractivity contribution in [1.82, 2.24) is 9.78 Å². The van der Waals surface area contributed by atoms with Crippen molar-refractivity contribution < 1.29 is 23.9 Å². The van der Waals surface area contributed by atoms with Gasteiger partial charge in [-0.05, 0) is 48.0 Å². The number of hydrogen-bond acceptors (Lipinski definition) is 8. The molecule has 3 aromatic carbocycles. The summed E-state index contributed by atoms with van der Waals surface area (Å²) >= 11 is 0. The maximum Gasteiger partial charge on any atom is 0.316 e. The zero-order chi connectivity index (χ0) is 24.8. The number of amides is 1. The summed E-state index contributed by atoms with van der Waals surface area (Å²) in [7, 11) is 1.56. The van der Waals surface area contributed by atoms with Gasteiger partial charge in [-0.15, -0.1) is 10.0 Å². The summed E-state index contributed by atoms with van der Waals surface area (Å²) in [4.78, 5) is 32.3. The summed E-state index contributed by atoms with van der Waals surface area (Å²) in [6.07, 6.45) is 0. The standard InChI is InChI=1S/C24H20N4O7/c1-33-20-9-10-22-21(14-20)24(25-27(22)15-16-3-2-4-18(13-16)28(31)32)35-12-11-34-19-7-5-17(6-8-19)23(29)26-30/h2-10,13-14H,11-12,15H2,1H3. The van der Waals surface area contributed by atoms with Crippen LogP contribution in [0.4, 0.5) is 5.69 Å². The first-order valence-corrected chi connectivity index (χ1v) is 10.5. The third kappa shape index (κ3) is 5.41. The molecule has 0 N–H and O–H groups in total. The van der Waals surface area contributed by atoms with Crippen LogP contribution in [-0.2, 0) is 6.54 Å². The van der Waals surface area contributed by atoms with Crippen molar-refractivity contribution in [3.63, 3.8) is 0 Å². The van der Waals surface area contributed by atoms with Crippen LogP contribution in [0.3, 0.4) is 0 Å². The van der Waals surface area contributed by atoms with Crippen molar-refractivity contribution in [3.8, 4) is 17.4 Å². The van der Waals surface area contributed by atoms with E-state index in [0.717, 1.165) is 16.5 Å². The van der Waals surface area contributed by atoms with Crippen molar-refractivity contribution in [3.05, 3.63) is 92.9 Å². The number of benzene rings is 3. The second-order valence-electron chi connectivity index (χ2n) is 7.39. The zero-order valence-electron chi connectivity index (χ0n) is 18.6. The van der Waals surface area contributed by atoms with E-state index in [-0.39, 0.29) is 24.5 Å². The number of fused-ring (bicyclic) bond motifs is 1. The van der Waals surface area contributed by atoms with Crippen LogP contribution in [0.2, 0.25) is 0 Å². The van der Waals surface area contributed by atoms with Gasteiger partial charge in [-0.25, -0.2) is 0 Å². The average molecular weight is 476 g/mol. The molecule has 1 amide bonds. The van der Waals surface area contributed by atoms with Gasteiger partial charge in [-0.3, -0.25) is 19.6 Å². The first-order valence-electron chi connectivity index (χ1n) is 10.5. The molecule has 0 atom stereocenters. The number of hydrogen-bond donors (Lipinski definition) is 0. The molecule has 0 aliphatic carbocycles. The van der Waals surface area contributed by atoms with E-state index in [1.165, 1.54) is 24.3 Å². The highest BCUT2D eigenvalue weighted by Gasteiger charge is 2.15. The van der Waals surface area contributed by atoms with Gasteiger partial charge in [-0.2, -0.15) is 0 Å². The smallest absolute Gasteiger partial charge is 0.316 e. The minimum atomic E-state index is -0.845. The molecule has 0 spiro atoms. The van der Waals surface area contributed by atoms with E-state index in [0.29, 0.717) is 23.9 Å². The van der Waals surface area contributed by atoms with E-state index in [2.05, 4.69) is 10.3 Å². The molecule has 0 saturated heterocycles. The summed E-state index contributed by atoms with van der Waals surface area (Å²) < 4.78 is 18.5. The Morgan fingerprint density at radius 1 is 1.03 bits per heavy atom. The number of nitrogens with zero attached hydrogens (tertiary/aromatic N) is 4. The van der Waals surface area contributed by atoms with E-state index in [1.807, 2.05) is 6.07 Å². The fourth-order valence-corrected chi connectivity index (χ4v) is 3.47. The van der Waals surface area contributed by atoms with Crippen LogP contribution in [0.5, 0.6) is 17.4 Å². The van der Waals surface area contributed by atoms with Crippen LogP contribution in [-0.4, -0.2) is 40.9 Å². The van der Waals surface area contributed by atoms with Crippen LogP contribution >= 0.6 is 0 Å². The maximum atomic E-state index is 11.3. The van der Waals surface area contributed by atoms with Crippen LogP contribution in [0.1, 0.15) is 15.9 Å². The highest BCUT2D eigenvalue weighted by Crippen LogP contribution is 2.30. The lowest BCUT2D eigenvalue weighted by Crippen LogP contribution is -2.10. The first kappa shape index (κ1) is 23.4. The van der Waals surface area contributed by atoms with Gasteiger partial charge in [0.25, 0.3) is 5.69 Å². The molecule has 0 bridgehead atoms. The molecular weight excluding hydrogens is 456 g/mol. The van der Waals surface area contributed by atoms with Crippen LogP contribution < -0.4 is 14.2 Å². The molecule has 35 heavy (non-hydrogen) atoms. The van der Waals surface area contributed by atoms with Gasteiger partial charge in [0.2, 0.25) is 5.88 Å². The quantitative estimate of drug-likeness (QED) is 0.143. The molecule has 4 aromatic rings. The summed E-state index contributed by atoms with van der Waals surface area (Å²) in [6.45, 7) is 0.685. The zero-order valence-corrected chi connectivity index (χ0v) is 18.6. The minimum Gasteiger partial charge on any atom is -0.497 e. The number of ether oxygens (including phenoxy) is 3. The highest BCUT2D eigenvalue weighted by molar-refractivity contribution is 5.94. The molecule has 0 aliphatic rings. The van der Waals surface area contributed by atoms with Crippen molar-refractivity contribution in [1.29, 1.82) is 0 Å². The molecule has 178 valence electrons. The van der Waals surface area contributed by atoms with Crippen LogP contribution in [0.25, 0.3) is 10.9 Å².